The second kappa shape index (κ2) is 8.72. The van der Waals surface area contributed by atoms with Gasteiger partial charge in [0.1, 0.15) is 0 Å². The lowest BCUT2D eigenvalue weighted by Crippen LogP contribution is -2.60. The van der Waals surface area contributed by atoms with Crippen molar-refractivity contribution >= 4 is 51.1 Å². The van der Waals surface area contributed by atoms with Crippen molar-refractivity contribution in [2.45, 2.75) is 57.2 Å². The normalized spacial score (nSPS) is 22.1. The maximum absolute atomic E-state index is 12.7. The third kappa shape index (κ3) is 4.35. The SMILES string of the molecule is CN=C(NCc1sc(C)nc1C)N1CCS(=O)(=O)C2(CCCCC2)C1.I. The summed E-state index contributed by atoms with van der Waals surface area (Å²) in [6.07, 6.45) is 4.75. The van der Waals surface area contributed by atoms with Crippen LogP contribution >= 0.6 is 35.3 Å². The van der Waals surface area contributed by atoms with Crippen LogP contribution in [0.5, 0.6) is 0 Å². The van der Waals surface area contributed by atoms with E-state index in [2.05, 4.69) is 20.2 Å². The summed E-state index contributed by atoms with van der Waals surface area (Å²) >= 11 is 1.69. The summed E-state index contributed by atoms with van der Waals surface area (Å²) in [6, 6.07) is 0. The molecule has 26 heavy (non-hydrogen) atoms. The monoisotopic (exact) mass is 512 g/mol. The number of rotatable bonds is 2. The highest BCUT2D eigenvalue weighted by atomic mass is 127. The Labute approximate surface area is 177 Å². The highest BCUT2D eigenvalue weighted by molar-refractivity contribution is 14.0. The lowest BCUT2D eigenvalue weighted by atomic mass is 9.87. The Morgan fingerprint density at radius 3 is 2.58 bits per heavy atom. The molecular formula is C17H29IN4O2S2. The van der Waals surface area contributed by atoms with Crippen LogP contribution in [-0.2, 0) is 16.4 Å². The number of nitrogens with zero attached hydrogens (tertiary/aromatic N) is 3. The van der Waals surface area contributed by atoms with Gasteiger partial charge in [-0.3, -0.25) is 4.99 Å². The van der Waals surface area contributed by atoms with Gasteiger partial charge in [-0.1, -0.05) is 19.3 Å². The molecular weight excluding hydrogens is 483 g/mol. The van der Waals surface area contributed by atoms with E-state index in [0.717, 1.165) is 48.8 Å². The molecule has 1 N–H and O–H groups in total. The number of nitrogens with one attached hydrogen (secondary N) is 1. The molecule has 148 valence electrons. The van der Waals surface area contributed by atoms with E-state index >= 15 is 0 Å². The maximum Gasteiger partial charge on any atom is 0.194 e. The van der Waals surface area contributed by atoms with Crippen LogP contribution < -0.4 is 5.32 Å². The van der Waals surface area contributed by atoms with Crippen LogP contribution in [0.4, 0.5) is 0 Å². The number of hydrogen-bond acceptors (Lipinski definition) is 5. The van der Waals surface area contributed by atoms with Crippen LogP contribution in [0.1, 0.15) is 47.7 Å². The van der Waals surface area contributed by atoms with Gasteiger partial charge in [-0.05, 0) is 26.7 Å². The minimum atomic E-state index is -3.02. The van der Waals surface area contributed by atoms with Gasteiger partial charge in [-0.15, -0.1) is 35.3 Å². The second-order valence-corrected chi connectivity index (χ2v) is 10.9. The van der Waals surface area contributed by atoms with Crippen LogP contribution in [0.15, 0.2) is 4.99 Å². The highest BCUT2D eigenvalue weighted by Crippen LogP contribution is 2.38. The number of aryl methyl sites for hydroxylation is 2. The quantitative estimate of drug-likeness (QED) is 0.375. The van der Waals surface area contributed by atoms with E-state index in [4.69, 9.17) is 0 Å². The summed E-state index contributed by atoms with van der Waals surface area (Å²) in [5, 5.41) is 4.47. The molecule has 0 radical (unpaired) electrons. The Morgan fingerprint density at radius 2 is 2.00 bits per heavy atom. The van der Waals surface area contributed by atoms with E-state index in [1.165, 1.54) is 4.88 Å². The zero-order valence-electron chi connectivity index (χ0n) is 15.7. The van der Waals surface area contributed by atoms with Crippen molar-refractivity contribution in [1.82, 2.24) is 15.2 Å². The van der Waals surface area contributed by atoms with Crippen molar-refractivity contribution in [3.8, 4) is 0 Å². The van der Waals surface area contributed by atoms with Crippen LogP contribution in [0.2, 0.25) is 0 Å². The lowest BCUT2D eigenvalue weighted by molar-refractivity contribution is 0.274. The van der Waals surface area contributed by atoms with Crippen LogP contribution in [0.3, 0.4) is 0 Å². The molecule has 1 spiro atoms. The molecule has 0 amide bonds. The van der Waals surface area contributed by atoms with Crippen LogP contribution in [0.25, 0.3) is 0 Å². The molecule has 0 unspecified atom stereocenters. The summed E-state index contributed by atoms with van der Waals surface area (Å²) in [4.78, 5) is 12.2. The van der Waals surface area contributed by atoms with E-state index in [-0.39, 0.29) is 29.7 Å². The van der Waals surface area contributed by atoms with E-state index in [1.807, 2.05) is 13.8 Å². The van der Waals surface area contributed by atoms with Gasteiger partial charge in [-0.2, -0.15) is 0 Å². The van der Waals surface area contributed by atoms with Crippen LogP contribution in [-0.4, -0.2) is 54.9 Å². The summed E-state index contributed by atoms with van der Waals surface area (Å²) in [5.74, 6) is 1.03. The molecule has 0 aromatic carbocycles. The van der Waals surface area contributed by atoms with Crippen LogP contribution in [0, 0.1) is 13.8 Å². The molecule has 1 saturated heterocycles. The third-order valence-corrected chi connectivity index (χ3v) is 9.10. The standard InChI is InChI=1S/C17H28N4O2S2.HI/c1-13-15(24-14(2)20-13)11-19-16(18-3)21-9-10-25(22,23)17(12-21)7-5-4-6-8-17;/h4-12H2,1-3H3,(H,18,19);1H. The smallest absolute Gasteiger partial charge is 0.194 e. The zero-order chi connectivity index (χ0) is 18.1. The minimum absolute atomic E-state index is 0. The van der Waals surface area contributed by atoms with E-state index in [1.54, 1.807) is 18.4 Å². The van der Waals surface area contributed by atoms with Crippen molar-refractivity contribution < 1.29 is 8.42 Å². The van der Waals surface area contributed by atoms with E-state index in [0.29, 0.717) is 19.6 Å². The maximum atomic E-state index is 12.7. The number of aromatic nitrogens is 1. The van der Waals surface area contributed by atoms with Crippen molar-refractivity contribution in [1.29, 1.82) is 0 Å². The predicted octanol–water partition coefficient (Wildman–Crippen LogP) is 2.89. The fourth-order valence-corrected chi connectivity index (χ4v) is 7.08. The Hall–Kier alpha value is -0.420. The number of halogens is 1. The van der Waals surface area contributed by atoms with Gasteiger partial charge in [0, 0.05) is 25.0 Å². The fraction of sp³-hybridized carbons (Fsp3) is 0.765. The molecule has 1 saturated carbocycles. The third-order valence-electron chi connectivity index (χ3n) is 5.45. The number of guanidine groups is 1. The fourth-order valence-electron chi connectivity index (χ4n) is 4.05. The van der Waals surface area contributed by atoms with Gasteiger partial charge >= 0.3 is 0 Å². The van der Waals surface area contributed by atoms with Crippen molar-refractivity contribution in [3.63, 3.8) is 0 Å². The van der Waals surface area contributed by atoms with Crippen molar-refractivity contribution in [3.05, 3.63) is 15.6 Å². The average molecular weight is 512 g/mol. The molecule has 1 aliphatic heterocycles. The number of hydrogen-bond donors (Lipinski definition) is 1. The van der Waals surface area contributed by atoms with Crippen molar-refractivity contribution in [2.75, 3.05) is 25.9 Å². The number of sulfone groups is 1. The first kappa shape index (κ1) is 21.9. The minimum Gasteiger partial charge on any atom is -0.351 e. The summed E-state index contributed by atoms with van der Waals surface area (Å²) in [6.45, 7) is 5.80. The van der Waals surface area contributed by atoms with Gasteiger partial charge < -0.3 is 10.2 Å². The van der Waals surface area contributed by atoms with Gasteiger partial charge in [0.2, 0.25) is 0 Å². The molecule has 1 aromatic rings. The Balaban J connectivity index is 0.00000243. The molecule has 0 bridgehead atoms. The van der Waals surface area contributed by atoms with E-state index < -0.39 is 14.6 Å². The summed E-state index contributed by atoms with van der Waals surface area (Å²) < 4.78 is 24.9. The Kier molecular flexibility index (Phi) is 7.34. The molecule has 9 heteroatoms. The molecule has 1 aromatic heterocycles. The Bertz CT molecular complexity index is 755. The largest absolute Gasteiger partial charge is 0.351 e. The van der Waals surface area contributed by atoms with Gasteiger partial charge in [0.15, 0.2) is 15.8 Å². The second-order valence-electron chi connectivity index (χ2n) is 7.13. The molecule has 0 atom stereocenters. The molecule has 1 aliphatic carbocycles. The van der Waals surface area contributed by atoms with E-state index in [9.17, 15) is 8.42 Å². The highest BCUT2D eigenvalue weighted by Gasteiger charge is 2.48. The zero-order valence-corrected chi connectivity index (χ0v) is 19.7. The van der Waals surface area contributed by atoms with Crippen molar-refractivity contribution in [2.24, 2.45) is 4.99 Å². The first-order valence-electron chi connectivity index (χ1n) is 8.98. The molecule has 2 heterocycles. The average Bonchev–Trinajstić information content (AvgIpc) is 2.90. The topological polar surface area (TPSA) is 74.7 Å². The van der Waals surface area contributed by atoms with Gasteiger partial charge in [-0.25, -0.2) is 13.4 Å². The number of aliphatic imine (C=N–C) groups is 1. The Morgan fingerprint density at radius 1 is 1.31 bits per heavy atom. The first-order chi connectivity index (χ1) is 11.9. The number of thiazole rings is 1. The first-order valence-corrected chi connectivity index (χ1v) is 11.4. The molecule has 2 aliphatic rings. The van der Waals surface area contributed by atoms with Gasteiger partial charge in [0.05, 0.1) is 27.7 Å². The molecule has 2 fully saturated rings. The van der Waals surface area contributed by atoms with Gasteiger partial charge in [0.25, 0.3) is 0 Å². The molecule has 6 nitrogen and oxygen atoms in total. The summed E-state index contributed by atoms with van der Waals surface area (Å²) in [5.41, 5.74) is 1.05. The predicted molar refractivity (Wildman–Crippen MR) is 118 cm³/mol. The summed E-state index contributed by atoms with van der Waals surface area (Å²) in [7, 11) is -1.26. The lowest BCUT2D eigenvalue weighted by Gasteiger charge is -2.45. The molecule has 3 rings (SSSR count).